The van der Waals surface area contributed by atoms with E-state index in [0.29, 0.717) is 5.52 Å². The second-order valence-corrected chi connectivity index (χ2v) is 5.31. The molecule has 2 heteroatoms. The van der Waals surface area contributed by atoms with E-state index in [1.165, 1.54) is 22.3 Å². The van der Waals surface area contributed by atoms with E-state index in [0.717, 1.165) is 10.9 Å². The van der Waals surface area contributed by atoms with Crippen molar-refractivity contribution in [2.24, 2.45) is 0 Å². The molecule has 0 saturated heterocycles. The van der Waals surface area contributed by atoms with Crippen molar-refractivity contribution >= 4 is 10.9 Å². The molecule has 0 bridgehead atoms. The molecule has 0 amide bonds. The van der Waals surface area contributed by atoms with Crippen molar-refractivity contribution in [1.82, 2.24) is 4.98 Å². The van der Waals surface area contributed by atoms with Crippen LogP contribution in [0.2, 0.25) is 0 Å². The standard InChI is InChI=1S/C18H17NO/c1-11-9-12(2)17(13(3)10-11)14-6-7-16(20)18-15(14)5-4-8-19-18/h4-10,20H,1-3H3. The Morgan fingerprint density at radius 1 is 0.950 bits per heavy atom. The van der Waals surface area contributed by atoms with Crippen molar-refractivity contribution in [3.63, 3.8) is 0 Å². The van der Waals surface area contributed by atoms with Gasteiger partial charge in [0.1, 0.15) is 11.3 Å². The van der Waals surface area contributed by atoms with Crippen LogP contribution in [-0.2, 0) is 0 Å². The lowest BCUT2D eigenvalue weighted by Crippen LogP contribution is -1.92. The van der Waals surface area contributed by atoms with Crippen molar-refractivity contribution in [3.8, 4) is 16.9 Å². The van der Waals surface area contributed by atoms with Gasteiger partial charge >= 0.3 is 0 Å². The summed E-state index contributed by atoms with van der Waals surface area (Å²) in [6, 6.07) is 12.0. The maximum absolute atomic E-state index is 9.96. The smallest absolute Gasteiger partial charge is 0.141 e. The van der Waals surface area contributed by atoms with E-state index in [9.17, 15) is 5.11 Å². The minimum atomic E-state index is 0.228. The largest absolute Gasteiger partial charge is 0.506 e. The molecule has 0 aliphatic rings. The van der Waals surface area contributed by atoms with Gasteiger partial charge in [-0.3, -0.25) is 4.98 Å². The molecule has 100 valence electrons. The van der Waals surface area contributed by atoms with Gasteiger partial charge in [0.25, 0.3) is 0 Å². The monoisotopic (exact) mass is 263 g/mol. The van der Waals surface area contributed by atoms with Crippen LogP contribution in [0.1, 0.15) is 16.7 Å². The first-order chi connectivity index (χ1) is 9.58. The lowest BCUT2D eigenvalue weighted by atomic mass is 9.91. The van der Waals surface area contributed by atoms with Gasteiger partial charge in [0.15, 0.2) is 0 Å². The molecule has 0 atom stereocenters. The highest BCUT2D eigenvalue weighted by molar-refractivity contribution is 5.98. The van der Waals surface area contributed by atoms with Crippen LogP contribution in [0.4, 0.5) is 0 Å². The third-order valence-electron chi connectivity index (χ3n) is 3.69. The highest BCUT2D eigenvalue weighted by Gasteiger charge is 2.12. The Kier molecular flexibility index (Phi) is 2.94. The van der Waals surface area contributed by atoms with Gasteiger partial charge in [-0.15, -0.1) is 0 Å². The van der Waals surface area contributed by atoms with E-state index in [-0.39, 0.29) is 5.75 Å². The molecule has 0 unspecified atom stereocenters. The number of rotatable bonds is 1. The van der Waals surface area contributed by atoms with Gasteiger partial charge in [0.05, 0.1) is 0 Å². The van der Waals surface area contributed by atoms with E-state index >= 15 is 0 Å². The minimum absolute atomic E-state index is 0.228. The maximum atomic E-state index is 9.96. The van der Waals surface area contributed by atoms with E-state index in [1.807, 2.05) is 18.2 Å². The van der Waals surface area contributed by atoms with Crippen molar-refractivity contribution in [2.45, 2.75) is 20.8 Å². The Balaban J connectivity index is 2.39. The van der Waals surface area contributed by atoms with Crippen molar-refractivity contribution in [1.29, 1.82) is 0 Å². The molecule has 20 heavy (non-hydrogen) atoms. The molecule has 0 radical (unpaired) electrons. The first-order valence-corrected chi connectivity index (χ1v) is 6.73. The Bertz CT molecular complexity index is 783. The predicted molar refractivity (Wildman–Crippen MR) is 83.1 cm³/mol. The Labute approximate surface area is 118 Å². The molecule has 0 saturated carbocycles. The van der Waals surface area contributed by atoms with Gasteiger partial charge in [-0.2, -0.15) is 0 Å². The first-order valence-electron chi connectivity index (χ1n) is 6.73. The van der Waals surface area contributed by atoms with Gasteiger partial charge in [-0.05, 0) is 61.2 Å². The fourth-order valence-corrected chi connectivity index (χ4v) is 2.98. The summed E-state index contributed by atoms with van der Waals surface area (Å²) in [5.41, 5.74) is 6.78. The zero-order valence-electron chi connectivity index (χ0n) is 11.9. The summed E-state index contributed by atoms with van der Waals surface area (Å²) in [6.45, 7) is 6.37. The average Bonchev–Trinajstić information content (AvgIpc) is 2.40. The molecule has 1 aromatic heterocycles. The minimum Gasteiger partial charge on any atom is -0.506 e. The van der Waals surface area contributed by atoms with Gasteiger partial charge in [0.2, 0.25) is 0 Å². The van der Waals surface area contributed by atoms with Crippen LogP contribution >= 0.6 is 0 Å². The number of hydrogen-bond donors (Lipinski definition) is 1. The van der Waals surface area contributed by atoms with Crippen LogP contribution in [0.3, 0.4) is 0 Å². The Morgan fingerprint density at radius 3 is 2.35 bits per heavy atom. The zero-order chi connectivity index (χ0) is 14.3. The second-order valence-electron chi connectivity index (χ2n) is 5.31. The molecule has 0 aliphatic carbocycles. The molecule has 3 rings (SSSR count). The Hall–Kier alpha value is -2.35. The Morgan fingerprint density at radius 2 is 1.65 bits per heavy atom. The molecule has 0 fully saturated rings. The third kappa shape index (κ3) is 1.94. The van der Waals surface area contributed by atoms with Gasteiger partial charge in [0, 0.05) is 11.6 Å². The molecule has 2 nitrogen and oxygen atoms in total. The lowest BCUT2D eigenvalue weighted by molar-refractivity contribution is 0.480. The van der Waals surface area contributed by atoms with E-state index in [4.69, 9.17) is 0 Å². The fraction of sp³-hybridized carbons (Fsp3) is 0.167. The number of aryl methyl sites for hydroxylation is 3. The summed E-state index contributed by atoms with van der Waals surface area (Å²) in [5, 5.41) is 11.0. The molecule has 3 aromatic rings. The number of aromatic hydroxyl groups is 1. The van der Waals surface area contributed by atoms with Crippen molar-refractivity contribution < 1.29 is 5.11 Å². The average molecular weight is 263 g/mol. The molecule has 1 N–H and O–H groups in total. The SMILES string of the molecule is Cc1cc(C)c(-c2ccc(O)c3ncccc23)c(C)c1. The number of nitrogens with zero attached hydrogens (tertiary/aromatic N) is 1. The number of fused-ring (bicyclic) bond motifs is 1. The van der Waals surface area contributed by atoms with E-state index < -0.39 is 0 Å². The number of benzene rings is 2. The molecular weight excluding hydrogens is 246 g/mol. The third-order valence-corrected chi connectivity index (χ3v) is 3.69. The molecule has 0 spiro atoms. The summed E-state index contributed by atoms with van der Waals surface area (Å²) in [4.78, 5) is 4.29. The fourth-order valence-electron chi connectivity index (χ4n) is 2.98. The van der Waals surface area contributed by atoms with Crippen LogP contribution in [0.5, 0.6) is 5.75 Å². The molecular formula is C18H17NO. The summed E-state index contributed by atoms with van der Waals surface area (Å²) in [5.74, 6) is 0.228. The van der Waals surface area contributed by atoms with Gasteiger partial charge < -0.3 is 5.11 Å². The topological polar surface area (TPSA) is 33.1 Å². The molecule has 1 heterocycles. The maximum Gasteiger partial charge on any atom is 0.141 e. The van der Waals surface area contributed by atoms with Gasteiger partial charge in [-0.1, -0.05) is 23.8 Å². The predicted octanol–water partition coefficient (Wildman–Crippen LogP) is 4.53. The number of aromatic nitrogens is 1. The number of pyridine rings is 1. The van der Waals surface area contributed by atoms with Crippen molar-refractivity contribution in [2.75, 3.05) is 0 Å². The second kappa shape index (κ2) is 4.64. The number of phenolic OH excluding ortho intramolecular Hbond substituents is 1. The molecule has 2 aromatic carbocycles. The lowest BCUT2D eigenvalue weighted by Gasteiger charge is -2.14. The number of phenols is 1. The van der Waals surface area contributed by atoms with E-state index in [1.54, 1.807) is 12.3 Å². The van der Waals surface area contributed by atoms with Crippen LogP contribution in [0.15, 0.2) is 42.6 Å². The van der Waals surface area contributed by atoms with Crippen LogP contribution in [0, 0.1) is 20.8 Å². The highest BCUT2D eigenvalue weighted by atomic mass is 16.3. The highest BCUT2D eigenvalue weighted by Crippen LogP contribution is 2.36. The summed E-state index contributed by atoms with van der Waals surface area (Å²) in [7, 11) is 0. The molecule has 0 aliphatic heterocycles. The summed E-state index contributed by atoms with van der Waals surface area (Å²) < 4.78 is 0. The van der Waals surface area contributed by atoms with Crippen LogP contribution < -0.4 is 0 Å². The number of hydrogen-bond acceptors (Lipinski definition) is 2. The first kappa shape index (κ1) is 12.7. The van der Waals surface area contributed by atoms with Crippen molar-refractivity contribution in [3.05, 3.63) is 59.3 Å². The van der Waals surface area contributed by atoms with E-state index in [2.05, 4.69) is 37.9 Å². The quantitative estimate of drug-likeness (QED) is 0.699. The van der Waals surface area contributed by atoms with Crippen LogP contribution in [0.25, 0.3) is 22.0 Å². The van der Waals surface area contributed by atoms with Gasteiger partial charge in [-0.25, -0.2) is 0 Å². The van der Waals surface area contributed by atoms with Crippen LogP contribution in [-0.4, -0.2) is 10.1 Å². The summed E-state index contributed by atoms with van der Waals surface area (Å²) >= 11 is 0. The normalized spacial score (nSPS) is 10.9. The summed E-state index contributed by atoms with van der Waals surface area (Å²) in [6.07, 6.45) is 1.71. The zero-order valence-corrected chi connectivity index (χ0v) is 11.9.